The summed E-state index contributed by atoms with van der Waals surface area (Å²) in [7, 11) is 0. The molecule has 2 aromatic rings. The molecule has 0 aliphatic heterocycles. The molecule has 0 saturated carbocycles. The third-order valence-electron chi connectivity index (χ3n) is 3.43. The van der Waals surface area contributed by atoms with Crippen molar-refractivity contribution in [3.8, 4) is 11.5 Å². The van der Waals surface area contributed by atoms with Crippen LogP contribution in [0.3, 0.4) is 0 Å². The van der Waals surface area contributed by atoms with Crippen LogP contribution >= 0.6 is 11.6 Å². The van der Waals surface area contributed by atoms with Crippen LogP contribution < -0.4 is 14.8 Å². The van der Waals surface area contributed by atoms with E-state index in [-0.39, 0.29) is 5.91 Å². The number of amides is 1. The van der Waals surface area contributed by atoms with Crippen LogP contribution in [0.1, 0.15) is 18.9 Å². The fourth-order valence-electron chi connectivity index (χ4n) is 2.19. The number of ether oxygens (including phenoxy) is 2. The van der Waals surface area contributed by atoms with Crippen molar-refractivity contribution >= 4 is 17.5 Å². The lowest BCUT2D eigenvalue weighted by Gasteiger charge is -2.17. The number of benzene rings is 2. The molecular weight excluding hydrogens is 326 g/mol. The number of halogens is 1. The van der Waals surface area contributed by atoms with Gasteiger partial charge in [-0.1, -0.05) is 42.8 Å². The third kappa shape index (κ3) is 5.46. The Morgan fingerprint density at radius 1 is 1.21 bits per heavy atom. The zero-order valence-electron chi connectivity index (χ0n) is 13.9. The number of hydrogen-bond donors (Lipinski definition) is 1. The maximum Gasteiger partial charge on any atom is 0.261 e. The normalized spacial score (nSPS) is 11.6. The molecule has 0 unspecified atom stereocenters. The van der Waals surface area contributed by atoms with Gasteiger partial charge in [-0.25, -0.2) is 0 Å². The fourth-order valence-corrected chi connectivity index (χ4v) is 2.38. The first kappa shape index (κ1) is 18.1. The molecule has 5 heteroatoms. The van der Waals surface area contributed by atoms with Crippen LogP contribution in [0.4, 0.5) is 0 Å². The Labute approximate surface area is 147 Å². The number of para-hydroxylation sites is 1. The summed E-state index contributed by atoms with van der Waals surface area (Å²) in [6.45, 7) is 4.63. The Bertz CT molecular complexity index is 675. The van der Waals surface area contributed by atoms with Gasteiger partial charge in [0.25, 0.3) is 5.91 Å². The first-order chi connectivity index (χ1) is 11.6. The van der Waals surface area contributed by atoms with Crippen molar-refractivity contribution in [2.75, 3.05) is 13.2 Å². The molecule has 0 aliphatic carbocycles. The van der Waals surface area contributed by atoms with Gasteiger partial charge in [0.05, 0.1) is 11.6 Å². The molecule has 1 amide bonds. The highest BCUT2D eigenvalue weighted by Gasteiger charge is 2.17. The number of aryl methyl sites for hydroxylation is 1. The van der Waals surface area contributed by atoms with Crippen LogP contribution in [0.5, 0.6) is 11.5 Å². The molecular formula is C19H22ClNO3. The molecule has 2 aromatic carbocycles. The van der Waals surface area contributed by atoms with Gasteiger partial charge < -0.3 is 14.8 Å². The van der Waals surface area contributed by atoms with Crippen molar-refractivity contribution < 1.29 is 14.3 Å². The van der Waals surface area contributed by atoms with Gasteiger partial charge in [-0.2, -0.15) is 0 Å². The molecule has 0 saturated heterocycles. The van der Waals surface area contributed by atoms with Crippen molar-refractivity contribution in [1.82, 2.24) is 5.32 Å². The molecule has 1 atom stereocenters. The van der Waals surface area contributed by atoms with E-state index in [1.54, 1.807) is 12.1 Å². The topological polar surface area (TPSA) is 47.6 Å². The van der Waals surface area contributed by atoms with Gasteiger partial charge >= 0.3 is 0 Å². The van der Waals surface area contributed by atoms with E-state index in [9.17, 15) is 4.79 Å². The quantitative estimate of drug-likeness (QED) is 0.734. The number of hydrogen-bond acceptors (Lipinski definition) is 3. The van der Waals surface area contributed by atoms with Crippen LogP contribution in [0.2, 0.25) is 5.02 Å². The van der Waals surface area contributed by atoms with Gasteiger partial charge in [0, 0.05) is 0 Å². The first-order valence-electron chi connectivity index (χ1n) is 7.98. The summed E-state index contributed by atoms with van der Waals surface area (Å²) >= 11 is 6.01. The van der Waals surface area contributed by atoms with Crippen LogP contribution in [-0.4, -0.2) is 25.2 Å². The molecule has 24 heavy (non-hydrogen) atoms. The average Bonchev–Trinajstić information content (AvgIpc) is 2.58. The zero-order chi connectivity index (χ0) is 17.4. The van der Waals surface area contributed by atoms with Gasteiger partial charge in [-0.15, -0.1) is 0 Å². The third-order valence-corrected chi connectivity index (χ3v) is 3.74. The zero-order valence-corrected chi connectivity index (χ0v) is 14.7. The lowest BCUT2D eigenvalue weighted by atomic mass is 10.2. The van der Waals surface area contributed by atoms with Crippen LogP contribution in [0, 0.1) is 6.92 Å². The number of carbonyl (C=O) groups excluding carboxylic acids is 1. The highest BCUT2D eigenvalue weighted by atomic mass is 35.5. The molecule has 128 valence electrons. The minimum Gasteiger partial charge on any atom is -0.490 e. The minimum absolute atomic E-state index is 0.151. The highest BCUT2D eigenvalue weighted by molar-refractivity contribution is 6.32. The maximum absolute atomic E-state index is 12.2. The summed E-state index contributed by atoms with van der Waals surface area (Å²) in [5.41, 5.74) is 1.09. The molecule has 0 spiro atoms. The smallest absolute Gasteiger partial charge is 0.261 e. The summed E-state index contributed by atoms with van der Waals surface area (Å²) in [6.07, 6.45) is 0.0672. The van der Waals surface area contributed by atoms with Crippen LogP contribution in [0.15, 0.2) is 48.5 Å². The van der Waals surface area contributed by atoms with E-state index in [1.807, 2.05) is 50.2 Å². The Morgan fingerprint density at radius 3 is 2.71 bits per heavy atom. The van der Waals surface area contributed by atoms with E-state index in [0.29, 0.717) is 36.1 Å². The Hall–Kier alpha value is -2.20. The Kier molecular flexibility index (Phi) is 6.94. The lowest BCUT2D eigenvalue weighted by molar-refractivity contribution is -0.128. The Morgan fingerprint density at radius 2 is 2.00 bits per heavy atom. The maximum atomic E-state index is 12.2. The summed E-state index contributed by atoms with van der Waals surface area (Å²) in [6, 6.07) is 14.9. The van der Waals surface area contributed by atoms with E-state index >= 15 is 0 Å². The summed E-state index contributed by atoms with van der Waals surface area (Å²) < 4.78 is 11.3. The summed E-state index contributed by atoms with van der Waals surface area (Å²) in [5.74, 6) is 1.16. The minimum atomic E-state index is -0.521. The average molecular weight is 348 g/mol. The van der Waals surface area contributed by atoms with E-state index in [2.05, 4.69) is 5.32 Å². The van der Waals surface area contributed by atoms with Gasteiger partial charge in [-0.05, 0) is 43.2 Å². The first-order valence-corrected chi connectivity index (χ1v) is 8.36. The molecule has 0 radical (unpaired) electrons. The van der Waals surface area contributed by atoms with Crippen molar-refractivity contribution in [1.29, 1.82) is 0 Å². The Balaban J connectivity index is 1.78. The number of carbonyl (C=O) groups is 1. The summed E-state index contributed by atoms with van der Waals surface area (Å²) in [5, 5.41) is 3.38. The molecule has 0 aliphatic rings. The lowest BCUT2D eigenvalue weighted by Crippen LogP contribution is -2.39. The van der Waals surface area contributed by atoms with Crippen molar-refractivity contribution in [3.63, 3.8) is 0 Å². The molecule has 0 bridgehead atoms. The predicted octanol–water partition coefficient (Wildman–Crippen LogP) is 4.00. The van der Waals surface area contributed by atoms with E-state index < -0.39 is 6.10 Å². The van der Waals surface area contributed by atoms with E-state index in [0.717, 1.165) is 5.56 Å². The van der Waals surface area contributed by atoms with Crippen molar-refractivity contribution in [2.45, 2.75) is 26.4 Å². The highest BCUT2D eigenvalue weighted by Crippen LogP contribution is 2.22. The standard InChI is InChI=1S/C19H22ClNO3/c1-3-17(24-15-8-6-7-14(2)13-15)19(22)21-11-12-23-18-10-5-4-9-16(18)20/h4-10,13,17H,3,11-12H2,1-2H3,(H,21,22)/t17-/m1/s1. The summed E-state index contributed by atoms with van der Waals surface area (Å²) in [4.78, 5) is 12.2. The van der Waals surface area contributed by atoms with Gasteiger partial charge in [-0.3, -0.25) is 4.79 Å². The second-order valence-corrected chi connectivity index (χ2v) is 5.81. The second-order valence-electron chi connectivity index (χ2n) is 5.40. The molecule has 1 N–H and O–H groups in total. The van der Waals surface area contributed by atoms with Gasteiger partial charge in [0.1, 0.15) is 18.1 Å². The largest absolute Gasteiger partial charge is 0.490 e. The monoisotopic (exact) mass is 347 g/mol. The second kappa shape index (κ2) is 9.18. The van der Waals surface area contributed by atoms with Gasteiger partial charge in [0.15, 0.2) is 6.10 Å². The molecule has 2 rings (SSSR count). The molecule has 0 aromatic heterocycles. The molecule has 0 fully saturated rings. The fraction of sp³-hybridized carbons (Fsp3) is 0.316. The van der Waals surface area contributed by atoms with Crippen LogP contribution in [-0.2, 0) is 4.79 Å². The van der Waals surface area contributed by atoms with E-state index in [4.69, 9.17) is 21.1 Å². The molecule has 0 heterocycles. The number of rotatable bonds is 8. The van der Waals surface area contributed by atoms with Crippen molar-refractivity contribution in [3.05, 3.63) is 59.1 Å². The predicted molar refractivity (Wildman–Crippen MR) is 95.8 cm³/mol. The SMILES string of the molecule is CC[C@@H](Oc1cccc(C)c1)C(=O)NCCOc1ccccc1Cl. The number of nitrogens with one attached hydrogen (secondary N) is 1. The molecule has 4 nitrogen and oxygen atoms in total. The van der Waals surface area contributed by atoms with E-state index in [1.165, 1.54) is 0 Å². The van der Waals surface area contributed by atoms with Gasteiger partial charge in [0.2, 0.25) is 0 Å². The van der Waals surface area contributed by atoms with Crippen molar-refractivity contribution in [2.24, 2.45) is 0 Å². The van der Waals surface area contributed by atoms with Crippen LogP contribution in [0.25, 0.3) is 0 Å².